The molecule has 0 unspecified atom stereocenters. The number of phenolic OH excluding ortho intramolecular Hbond substituents is 1. The lowest BCUT2D eigenvalue weighted by Crippen LogP contribution is -2.38. The van der Waals surface area contributed by atoms with Gasteiger partial charge in [0.25, 0.3) is 5.91 Å². The third-order valence-electron chi connectivity index (χ3n) is 3.89. The van der Waals surface area contributed by atoms with Gasteiger partial charge in [0.1, 0.15) is 5.75 Å². The summed E-state index contributed by atoms with van der Waals surface area (Å²) in [6, 6.07) is 14.0. The zero-order chi connectivity index (χ0) is 18.2. The van der Waals surface area contributed by atoms with Crippen molar-refractivity contribution in [2.75, 3.05) is 20.1 Å². The first-order valence-corrected chi connectivity index (χ1v) is 8.43. The highest BCUT2D eigenvalue weighted by Gasteiger charge is 2.15. The number of likely N-dealkylation sites (N-methyl/N-ethyl adjacent to an activating group) is 1. The third kappa shape index (κ3) is 5.35. The molecule has 0 heterocycles. The van der Waals surface area contributed by atoms with Gasteiger partial charge in [-0.15, -0.1) is 0 Å². The van der Waals surface area contributed by atoms with Gasteiger partial charge in [-0.05, 0) is 41.8 Å². The number of unbranched alkanes of at least 4 members (excludes halogenated alkanes) is 1. The van der Waals surface area contributed by atoms with Gasteiger partial charge in [-0.2, -0.15) is 0 Å². The predicted molar refractivity (Wildman–Crippen MR) is 98.4 cm³/mol. The Morgan fingerprint density at radius 2 is 1.80 bits per heavy atom. The number of aromatic hydroxyl groups is 1. The molecule has 2 rings (SSSR count). The van der Waals surface area contributed by atoms with E-state index in [9.17, 15) is 14.7 Å². The van der Waals surface area contributed by atoms with Crippen molar-refractivity contribution in [3.8, 4) is 16.9 Å². The molecule has 132 valence electrons. The molecule has 0 aromatic heterocycles. The van der Waals surface area contributed by atoms with Crippen LogP contribution in [0.4, 0.5) is 0 Å². The van der Waals surface area contributed by atoms with Crippen LogP contribution in [0.3, 0.4) is 0 Å². The Balaban J connectivity index is 2.05. The summed E-state index contributed by atoms with van der Waals surface area (Å²) in [5.41, 5.74) is 2.31. The Bertz CT molecular complexity index is 726. The largest absolute Gasteiger partial charge is 0.508 e. The van der Waals surface area contributed by atoms with Crippen LogP contribution in [-0.4, -0.2) is 42.0 Å². The molecule has 0 saturated heterocycles. The molecule has 0 radical (unpaired) electrons. The molecule has 0 aliphatic heterocycles. The van der Waals surface area contributed by atoms with Gasteiger partial charge in [0.2, 0.25) is 5.91 Å². The summed E-state index contributed by atoms with van der Waals surface area (Å²) in [6.45, 7) is 2.72. The molecule has 2 aromatic rings. The van der Waals surface area contributed by atoms with Crippen LogP contribution in [0.5, 0.6) is 5.75 Å². The van der Waals surface area contributed by atoms with Crippen molar-refractivity contribution >= 4 is 11.8 Å². The van der Waals surface area contributed by atoms with E-state index in [4.69, 9.17) is 0 Å². The Morgan fingerprint density at radius 3 is 2.48 bits per heavy atom. The molecule has 2 N–H and O–H groups in total. The Labute approximate surface area is 148 Å². The molecule has 0 fully saturated rings. The first-order valence-electron chi connectivity index (χ1n) is 8.43. The normalized spacial score (nSPS) is 10.3. The summed E-state index contributed by atoms with van der Waals surface area (Å²) in [5.74, 6) is -0.157. The second-order valence-corrected chi connectivity index (χ2v) is 5.99. The van der Waals surface area contributed by atoms with Crippen LogP contribution < -0.4 is 5.32 Å². The smallest absolute Gasteiger partial charge is 0.254 e. The van der Waals surface area contributed by atoms with Crippen LogP contribution in [0.2, 0.25) is 0 Å². The molecule has 5 nitrogen and oxygen atoms in total. The van der Waals surface area contributed by atoms with Crippen LogP contribution in [0.1, 0.15) is 30.1 Å². The lowest BCUT2D eigenvalue weighted by molar-refractivity contribution is -0.121. The van der Waals surface area contributed by atoms with Gasteiger partial charge in [-0.1, -0.05) is 37.6 Å². The maximum atomic E-state index is 12.6. The van der Waals surface area contributed by atoms with Gasteiger partial charge in [0.05, 0.1) is 6.54 Å². The fraction of sp³-hybridized carbons (Fsp3) is 0.300. The summed E-state index contributed by atoms with van der Waals surface area (Å²) in [7, 11) is 1.62. The Morgan fingerprint density at radius 1 is 1.08 bits per heavy atom. The van der Waals surface area contributed by atoms with Crippen molar-refractivity contribution in [3.05, 3.63) is 54.1 Å². The minimum absolute atomic E-state index is 0.0337. The van der Waals surface area contributed by atoms with E-state index in [1.165, 1.54) is 4.90 Å². The second kappa shape index (κ2) is 8.87. The van der Waals surface area contributed by atoms with Gasteiger partial charge in [-0.3, -0.25) is 9.59 Å². The van der Waals surface area contributed by atoms with Gasteiger partial charge in [0.15, 0.2) is 0 Å². The van der Waals surface area contributed by atoms with E-state index in [2.05, 4.69) is 12.2 Å². The highest BCUT2D eigenvalue weighted by Crippen LogP contribution is 2.23. The molecule has 0 saturated carbocycles. The maximum Gasteiger partial charge on any atom is 0.254 e. The van der Waals surface area contributed by atoms with Crippen molar-refractivity contribution in [2.24, 2.45) is 0 Å². The highest BCUT2D eigenvalue weighted by molar-refractivity contribution is 5.97. The number of hydrogen-bond acceptors (Lipinski definition) is 3. The molecule has 0 spiro atoms. The van der Waals surface area contributed by atoms with E-state index in [1.807, 2.05) is 12.1 Å². The molecule has 0 atom stereocenters. The summed E-state index contributed by atoms with van der Waals surface area (Å²) in [5, 5.41) is 12.2. The van der Waals surface area contributed by atoms with Crippen LogP contribution in [0.15, 0.2) is 48.5 Å². The fourth-order valence-electron chi connectivity index (χ4n) is 2.45. The fourth-order valence-corrected chi connectivity index (χ4v) is 2.45. The molecule has 0 aliphatic carbocycles. The minimum Gasteiger partial charge on any atom is -0.508 e. The summed E-state index contributed by atoms with van der Waals surface area (Å²) in [4.78, 5) is 25.8. The van der Waals surface area contributed by atoms with Gasteiger partial charge in [0, 0.05) is 19.2 Å². The average Bonchev–Trinajstić information content (AvgIpc) is 2.62. The van der Waals surface area contributed by atoms with Crippen LogP contribution in [0.25, 0.3) is 11.1 Å². The molecule has 5 heteroatoms. The second-order valence-electron chi connectivity index (χ2n) is 5.99. The van der Waals surface area contributed by atoms with Crippen molar-refractivity contribution < 1.29 is 14.7 Å². The Kier molecular flexibility index (Phi) is 6.57. The van der Waals surface area contributed by atoms with E-state index in [0.717, 1.165) is 24.0 Å². The monoisotopic (exact) mass is 340 g/mol. The zero-order valence-electron chi connectivity index (χ0n) is 14.7. The number of benzene rings is 2. The predicted octanol–water partition coefficient (Wildman–Crippen LogP) is 3.05. The molecule has 0 aliphatic rings. The maximum absolute atomic E-state index is 12.6. The number of amides is 2. The van der Waals surface area contributed by atoms with Crippen molar-refractivity contribution in [1.82, 2.24) is 10.2 Å². The molecule has 0 bridgehead atoms. The van der Waals surface area contributed by atoms with E-state index in [0.29, 0.717) is 12.1 Å². The van der Waals surface area contributed by atoms with E-state index in [-0.39, 0.29) is 24.1 Å². The lowest BCUT2D eigenvalue weighted by Gasteiger charge is -2.17. The van der Waals surface area contributed by atoms with Crippen molar-refractivity contribution in [2.45, 2.75) is 19.8 Å². The standard InChI is InChI=1S/C20H24N2O3/c1-3-4-12-21-19(24)14-22(2)20(25)17-7-5-6-16(13-17)15-8-10-18(23)11-9-15/h5-11,13,23H,3-4,12,14H2,1-2H3,(H,21,24). The average molecular weight is 340 g/mol. The van der Waals surface area contributed by atoms with E-state index < -0.39 is 0 Å². The van der Waals surface area contributed by atoms with E-state index in [1.54, 1.807) is 43.4 Å². The summed E-state index contributed by atoms with van der Waals surface area (Å²) in [6.07, 6.45) is 1.94. The zero-order valence-corrected chi connectivity index (χ0v) is 14.7. The Hall–Kier alpha value is -2.82. The quantitative estimate of drug-likeness (QED) is 0.761. The SMILES string of the molecule is CCCCNC(=O)CN(C)C(=O)c1cccc(-c2ccc(O)cc2)c1. The van der Waals surface area contributed by atoms with Gasteiger partial charge < -0.3 is 15.3 Å². The number of nitrogens with one attached hydrogen (secondary N) is 1. The number of phenols is 1. The number of carbonyl (C=O) groups excluding carboxylic acids is 2. The first-order chi connectivity index (χ1) is 12.0. The molecular formula is C20H24N2O3. The van der Waals surface area contributed by atoms with Gasteiger partial charge in [-0.25, -0.2) is 0 Å². The van der Waals surface area contributed by atoms with Crippen LogP contribution in [0, 0.1) is 0 Å². The van der Waals surface area contributed by atoms with E-state index >= 15 is 0 Å². The molecule has 2 aromatic carbocycles. The minimum atomic E-state index is -0.203. The number of rotatable bonds is 7. The number of carbonyl (C=O) groups is 2. The third-order valence-corrected chi connectivity index (χ3v) is 3.89. The molecule has 2 amide bonds. The summed E-state index contributed by atoms with van der Waals surface area (Å²) < 4.78 is 0. The number of hydrogen-bond donors (Lipinski definition) is 2. The van der Waals surface area contributed by atoms with Gasteiger partial charge >= 0.3 is 0 Å². The number of nitrogens with zero attached hydrogens (tertiary/aromatic N) is 1. The van der Waals surface area contributed by atoms with Crippen molar-refractivity contribution in [1.29, 1.82) is 0 Å². The molecular weight excluding hydrogens is 316 g/mol. The highest BCUT2D eigenvalue weighted by atomic mass is 16.3. The lowest BCUT2D eigenvalue weighted by atomic mass is 10.0. The van der Waals surface area contributed by atoms with Crippen molar-refractivity contribution in [3.63, 3.8) is 0 Å². The summed E-state index contributed by atoms with van der Waals surface area (Å²) >= 11 is 0. The van der Waals surface area contributed by atoms with Crippen LogP contribution >= 0.6 is 0 Å². The first kappa shape index (κ1) is 18.5. The van der Waals surface area contributed by atoms with Crippen LogP contribution in [-0.2, 0) is 4.79 Å². The molecule has 25 heavy (non-hydrogen) atoms. The topological polar surface area (TPSA) is 69.6 Å².